The van der Waals surface area contributed by atoms with Crippen LogP contribution in [0.4, 0.5) is 0 Å². The Morgan fingerprint density at radius 3 is 2.29 bits per heavy atom. The molecule has 2 saturated heterocycles. The van der Waals surface area contributed by atoms with E-state index in [0.29, 0.717) is 0 Å². The van der Waals surface area contributed by atoms with Crippen LogP contribution in [-0.2, 0) is 0 Å². The third-order valence-corrected chi connectivity index (χ3v) is 5.75. The molecule has 3 heteroatoms. The second-order valence-electron chi connectivity index (χ2n) is 7.38. The summed E-state index contributed by atoms with van der Waals surface area (Å²) in [5.41, 5.74) is 0. The Hall–Kier alpha value is -0.380. The van der Waals surface area contributed by atoms with Crippen molar-refractivity contribution in [1.82, 2.24) is 14.7 Å². The standard InChI is InChI=1S/C18H33N3/c1-19-10-6-5-9-18(19)16-21-13-11-20(12-14-21)15-17-7-3-2-4-8-17/h2-3,17-18H,4-16H2,1H3/t17-,18+/m1/s1. The number of nitrogens with zero attached hydrogens (tertiary/aromatic N) is 3. The number of likely N-dealkylation sites (tertiary alicyclic amines) is 1. The third-order valence-electron chi connectivity index (χ3n) is 5.75. The van der Waals surface area contributed by atoms with Gasteiger partial charge < -0.3 is 9.80 Å². The molecule has 2 fully saturated rings. The predicted molar refractivity (Wildman–Crippen MR) is 89.6 cm³/mol. The van der Waals surface area contributed by atoms with Gasteiger partial charge in [-0.05, 0) is 51.6 Å². The Bertz CT molecular complexity index is 333. The molecule has 2 atom stereocenters. The lowest BCUT2D eigenvalue weighted by molar-refractivity contribution is 0.0771. The van der Waals surface area contributed by atoms with Crippen molar-refractivity contribution in [3.63, 3.8) is 0 Å². The monoisotopic (exact) mass is 291 g/mol. The largest absolute Gasteiger partial charge is 0.302 e. The fraction of sp³-hybridized carbons (Fsp3) is 0.889. The molecule has 3 rings (SSSR count). The molecule has 2 aliphatic heterocycles. The van der Waals surface area contributed by atoms with Gasteiger partial charge in [0.05, 0.1) is 0 Å². The summed E-state index contributed by atoms with van der Waals surface area (Å²) < 4.78 is 0. The molecule has 0 spiro atoms. The lowest BCUT2D eigenvalue weighted by Gasteiger charge is -2.41. The molecule has 21 heavy (non-hydrogen) atoms. The summed E-state index contributed by atoms with van der Waals surface area (Å²) in [6, 6.07) is 0.814. The number of piperazine rings is 1. The molecular weight excluding hydrogens is 258 g/mol. The smallest absolute Gasteiger partial charge is 0.0220 e. The zero-order valence-electron chi connectivity index (χ0n) is 13.8. The molecule has 3 aliphatic rings. The molecule has 0 bridgehead atoms. The first-order valence-electron chi connectivity index (χ1n) is 9.11. The highest BCUT2D eigenvalue weighted by Crippen LogP contribution is 2.21. The molecule has 1 aliphatic carbocycles. The predicted octanol–water partition coefficient (Wildman–Crippen LogP) is 2.44. The molecule has 0 aromatic rings. The van der Waals surface area contributed by atoms with Crippen LogP contribution in [0.1, 0.15) is 38.5 Å². The molecule has 3 nitrogen and oxygen atoms in total. The second-order valence-corrected chi connectivity index (χ2v) is 7.38. The van der Waals surface area contributed by atoms with E-state index >= 15 is 0 Å². The first-order chi connectivity index (χ1) is 10.3. The Labute approximate surface area is 131 Å². The van der Waals surface area contributed by atoms with E-state index in [2.05, 4.69) is 33.9 Å². The van der Waals surface area contributed by atoms with Crippen LogP contribution in [0.2, 0.25) is 0 Å². The van der Waals surface area contributed by atoms with E-state index in [1.165, 1.54) is 84.3 Å². The van der Waals surface area contributed by atoms with E-state index in [1.54, 1.807) is 0 Å². The van der Waals surface area contributed by atoms with Gasteiger partial charge in [0, 0.05) is 45.3 Å². The fourth-order valence-electron chi connectivity index (χ4n) is 4.21. The van der Waals surface area contributed by atoms with E-state index in [1.807, 2.05) is 0 Å². The van der Waals surface area contributed by atoms with E-state index in [-0.39, 0.29) is 0 Å². The van der Waals surface area contributed by atoms with Crippen LogP contribution in [0.5, 0.6) is 0 Å². The average molecular weight is 291 g/mol. The highest BCUT2D eigenvalue weighted by Gasteiger charge is 2.25. The minimum Gasteiger partial charge on any atom is -0.302 e. The maximum absolute atomic E-state index is 2.71. The first kappa shape index (κ1) is 15.5. The molecule has 0 amide bonds. The quantitative estimate of drug-likeness (QED) is 0.737. The second kappa shape index (κ2) is 7.75. The van der Waals surface area contributed by atoms with Gasteiger partial charge in [-0.3, -0.25) is 4.90 Å². The van der Waals surface area contributed by atoms with Gasteiger partial charge in [-0.15, -0.1) is 0 Å². The molecule has 2 heterocycles. The summed E-state index contributed by atoms with van der Waals surface area (Å²) in [5.74, 6) is 0.922. The van der Waals surface area contributed by atoms with Crippen LogP contribution in [0.15, 0.2) is 12.2 Å². The summed E-state index contributed by atoms with van der Waals surface area (Å²) in [6.45, 7) is 9.09. The fourth-order valence-corrected chi connectivity index (χ4v) is 4.21. The van der Waals surface area contributed by atoms with Crippen LogP contribution in [-0.4, -0.2) is 73.6 Å². The minimum atomic E-state index is 0.814. The van der Waals surface area contributed by atoms with Crippen molar-refractivity contribution < 1.29 is 0 Å². The van der Waals surface area contributed by atoms with Gasteiger partial charge in [-0.25, -0.2) is 0 Å². The van der Waals surface area contributed by atoms with Gasteiger partial charge in [0.1, 0.15) is 0 Å². The van der Waals surface area contributed by atoms with E-state index in [0.717, 1.165) is 12.0 Å². The maximum Gasteiger partial charge on any atom is 0.0220 e. The molecule has 0 radical (unpaired) electrons. The maximum atomic E-state index is 2.71. The average Bonchev–Trinajstić information content (AvgIpc) is 2.52. The van der Waals surface area contributed by atoms with Crippen molar-refractivity contribution in [2.24, 2.45) is 5.92 Å². The van der Waals surface area contributed by atoms with Gasteiger partial charge in [-0.1, -0.05) is 18.6 Å². The number of rotatable bonds is 4. The highest BCUT2D eigenvalue weighted by molar-refractivity contribution is 4.91. The Kier molecular flexibility index (Phi) is 5.73. The molecule has 0 unspecified atom stereocenters. The number of hydrogen-bond donors (Lipinski definition) is 0. The zero-order valence-corrected chi connectivity index (χ0v) is 13.8. The van der Waals surface area contributed by atoms with Gasteiger partial charge in [0.15, 0.2) is 0 Å². The van der Waals surface area contributed by atoms with Gasteiger partial charge in [0.25, 0.3) is 0 Å². The molecule has 120 valence electrons. The van der Waals surface area contributed by atoms with Crippen LogP contribution >= 0.6 is 0 Å². The van der Waals surface area contributed by atoms with Gasteiger partial charge in [0.2, 0.25) is 0 Å². The zero-order chi connectivity index (χ0) is 14.5. The molecule has 0 saturated carbocycles. The lowest BCUT2D eigenvalue weighted by atomic mass is 9.94. The van der Waals surface area contributed by atoms with Crippen LogP contribution < -0.4 is 0 Å². The highest BCUT2D eigenvalue weighted by atomic mass is 15.3. The molecule has 0 aromatic heterocycles. The first-order valence-corrected chi connectivity index (χ1v) is 9.11. The molecule has 0 N–H and O–H groups in total. The summed E-state index contributed by atoms with van der Waals surface area (Å²) in [6.07, 6.45) is 13.0. The summed E-state index contributed by atoms with van der Waals surface area (Å²) >= 11 is 0. The topological polar surface area (TPSA) is 9.72 Å². The van der Waals surface area contributed by atoms with Crippen LogP contribution in [0.25, 0.3) is 0 Å². The Balaban J connectivity index is 1.37. The SMILES string of the molecule is CN1CCCC[C@H]1CN1CCN(C[C@@H]2CC=CCC2)CC1. The molecule has 0 aromatic carbocycles. The number of likely N-dealkylation sites (N-methyl/N-ethyl adjacent to an activating group) is 1. The van der Waals surface area contributed by atoms with Crippen molar-refractivity contribution >= 4 is 0 Å². The summed E-state index contributed by atoms with van der Waals surface area (Å²) in [4.78, 5) is 8.01. The summed E-state index contributed by atoms with van der Waals surface area (Å²) in [7, 11) is 2.32. The van der Waals surface area contributed by atoms with Gasteiger partial charge in [-0.2, -0.15) is 0 Å². The van der Waals surface area contributed by atoms with Crippen LogP contribution in [0, 0.1) is 5.92 Å². The normalized spacial score (nSPS) is 33.4. The van der Waals surface area contributed by atoms with E-state index in [9.17, 15) is 0 Å². The van der Waals surface area contributed by atoms with Gasteiger partial charge >= 0.3 is 0 Å². The summed E-state index contributed by atoms with van der Waals surface area (Å²) in [5, 5.41) is 0. The van der Waals surface area contributed by atoms with E-state index in [4.69, 9.17) is 0 Å². The van der Waals surface area contributed by atoms with E-state index < -0.39 is 0 Å². The van der Waals surface area contributed by atoms with Crippen molar-refractivity contribution in [3.8, 4) is 0 Å². The minimum absolute atomic E-state index is 0.814. The number of allylic oxidation sites excluding steroid dienone is 2. The van der Waals surface area contributed by atoms with Crippen molar-refractivity contribution in [2.45, 2.75) is 44.6 Å². The number of hydrogen-bond acceptors (Lipinski definition) is 3. The van der Waals surface area contributed by atoms with Crippen LogP contribution in [0.3, 0.4) is 0 Å². The Morgan fingerprint density at radius 2 is 1.62 bits per heavy atom. The van der Waals surface area contributed by atoms with Crippen molar-refractivity contribution in [2.75, 3.05) is 52.9 Å². The van der Waals surface area contributed by atoms with Crippen molar-refractivity contribution in [3.05, 3.63) is 12.2 Å². The van der Waals surface area contributed by atoms with Crippen molar-refractivity contribution in [1.29, 1.82) is 0 Å². The number of piperidine rings is 1. The lowest BCUT2D eigenvalue weighted by Crippen LogP contribution is -2.52. The third kappa shape index (κ3) is 4.54. The molecular formula is C18H33N3. The Morgan fingerprint density at radius 1 is 0.857 bits per heavy atom.